The average molecular weight is 91.2 g/mol. The van der Waals surface area contributed by atoms with Crippen molar-refractivity contribution in [2.45, 2.75) is 20.2 Å². The molecule has 38 valence electrons. The van der Waals surface area contributed by atoms with Crippen molar-refractivity contribution < 1.29 is 5.48 Å². The van der Waals surface area contributed by atoms with E-state index in [2.05, 4.69) is 0 Å². The van der Waals surface area contributed by atoms with E-state index in [-0.39, 0.29) is 13.0 Å². The lowest BCUT2D eigenvalue weighted by Crippen LogP contribution is -2.01. The minimum Gasteiger partial charge on any atom is -0.330 e. The first-order valence-corrected chi connectivity index (χ1v) is 2.01. The first-order chi connectivity index (χ1) is 4.31. The first-order valence-electron chi connectivity index (χ1n) is 4.01. The second-order valence-corrected chi connectivity index (χ2v) is 1.32. The molecule has 0 amide bonds. The highest BCUT2D eigenvalue weighted by Gasteiger charge is 1.85. The molecule has 6 heavy (non-hydrogen) atoms. The molecular weight excluding hydrogens is 74.1 g/mol. The fraction of sp³-hybridized carbons (Fsp3) is 1.00. The fourth-order valence-corrected chi connectivity index (χ4v) is 0.217. The molecule has 1 atom stereocenters. The van der Waals surface area contributed by atoms with Gasteiger partial charge in [-0.05, 0) is 18.9 Å². The van der Waals surface area contributed by atoms with Crippen LogP contribution in [0.3, 0.4) is 0 Å². The van der Waals surface area contributed by atoms with Crippen molar-refractivity contribution >= 4 is 0 Å². The molecule has 0 saturated heterocycles. The van der Waals surface area contributed by atoms with Gasteiger partial charge in [-0.1, -0.05) is 13.8 Å². The molecule has 1 heteroatoms. The van der Waals surface area contributed by atoms with Gasteiger partial charge in [0, 0.05) is 5.48 Å². The number of hydrogen-bond donors (Lipinski definition) is 1. The molecule has 0 aromatic carbocycles. The summed E-state index contributed by atoms with van der Waals surface area (Å²) < 4.78 is 28.1. The summed E-state index contributed by atoms with van der Waals surface area (Å²) in [5.41, 5.74) is 5.14. The minimum atomic E-state index is -2.22. The van der Waals surface area contributed by atoms with Gasteiger partial charge in [0.15, 0.2) is 0 Å². The summed E-state index contributed by atoms with van der Waals surface area (Å²) in [6.07, 6.45) is 0.212. The van der Waals surface area contributed by atoms with Crippen molar-refractivity contribution in [3.63, 3.8) is 0 Å². The molecule has 0 rings (SSSR count). The van der Waals surface area contributed by atoms with Crippen LogP contribution in [-0.4, -0.2) is 6.54 Å². The third-order valence-corrected chi connectivity index (χ3v) is 0.519. The number of nitrogens with two attached hydrogens (primary N) is 1. The van der Waals surface area contributed by atoms with Crippen LogP contribution in [0.2, 0.25) is 0 Å². The molecule has 0 radical (unpaired) electrons. The zero-order chi connectivity index (χ0) is 8.41. The van der Waals surface area contributed by atoms with Crippen LogP contribution in [0.15, 0.2) is 0 Å². The molecule has 2 N–H and O–H groups in total. The predicted molar refractivity (Wildman–Crippen MR) is 28.5 cm³/mol. The van der Waals surface area contributed by atoms with Crippen LogP contribution in [0.25, 0.3) is 0 Å². The van der Waals surface area contributed by atoms with E-state index in [1.165, 1.54) is 6.92 Å². The molecule has 0 aliphatic rings. The summed E-state index contributed by atoms with van der Waals surface area (Å²) in [5.74, 6) is -1.39. The molecule has 0 aromatic rings. The van der Waals surface area contributed by atoms with E-state index in [9.17, 15) is 0 Å². The van der Waals surface area contributed by atoms with E-state index in [0.29, 0.717) is 0 Å². The molecule has 0 spiro atoms. The molecule has 0 aromatic heterocycles. The highest BCUT2D eigenvalue weighted by molar-refractivity contribution is 4.42. The third kappa shape index (κ3) is 3.96. The van der Waals surface area contributed by atoms with Crippen LogP contribution in [0, 0.1) is 5.89 Å². The van der Waals surface area contributed by atoms with Crippen LogP contribution >= 0.6 is 0 Å². The van der Waals surface area contributed by atoms with Crippen molar-refractivity contribution in [3.8, 4) is 0 Å². The fourth-order valence-electron chi connectivity index (χ4n) is 0.217. The summed E-state index contributed by atoms with van der Waals surface area (Å²) >= 11 is 0. The summed E-state index contributed by atoms with van der Waals surface area (Å²) in [6.45, 7) is -0.586. The van der Waals surface area contributed by atoms with E-state index in [4.69, 9.17) is 11.2 Å². The van der Waals surface area contributed by atoms with Gasteiger partial charge in [0.25, 0.3) is 0 Å². The van der Waals surface area contributed by atoms with E-state index in [0.717, 1.165) is 0 Å². The van der Waals surface area contributed by atoms with Crippen molar-refractivity contribution in [2.24, 2.45) is 11.6 Å². The Kier molecular flexibility index (Phi) is 0.962. The van der Waals surface area contributed by atoms with Crippen LogP contribution in [0.4, 0.5) is 0 Å². The van der Waals surface area contributed by atoms with E-state index in [1.807, 2.05) is 0 Å². The van der Waals surface area contributed by atoms with Crippen LogP contribution in [-0.2, 0) is 0 Å². The van der Waals surface area contributed by atoms with Gasteiger partial charge in [0.1, 0.15) is 0 Å². The Labute approximate surface area is 45.2 Å². The monoisotopic (exact) mass is 91.1 g/mol. The molecule has 0 saturated carbocycles. The quantitative estimate of drug-likeness (QED) is 0.539. The molecule has 0 fully saturated rings. The molecule has 0 bridgehead atoms. The standard InChI is InChI=1S/C5H13N/c1-5(2)3-4-6/h5H,3-4,6H2,1-2H3/i1D3,5D. The Morgan fingerprint density at radius 2 is 2.83 bits per heavy atom. The van der Waals surface area contributed by atoms with Gasteiger partial charge in [-0.3, -0.25) is 0 Å². The van der Waals surface area contributed by atoms with Gasteiger partial charge in [0.05, 0.1) is 0 Å². The molecule has 1 unspecified atom stereocenters. The average Bonchev–Trinajstić information content (AvgIpc) is 1.61. The maximum atomic E-state index is 7.34. The smallest absolute Gasteiger partial charge is 0.0297 e. The van der Waals surface area contributed by atoms with E-state index in [1.54, 1.807) is 0 Å². The van der Waals surface area contributed by atoms with Crippen molar-refractivity contribution in [3.05, 3.63) is 0 Å². The van der Waals surface area contributed by atoms with Gasteiger partial charge in [-0.15, -0.1) is 0 Å². The molecule has 0 aliphatic heterocycles. The summed E-state index contributed by atoms with van der Waals surface area (Å²) in [5, 5.41) is 0. The Morgan fingerprint density at radius 1 is 2.17 bits per heavy atom. The second-order valence-electron chi connectivity index (χ2n) is 1.32. The summed E-state index contributed by atoms with van der Waals surface area (Å²) in [6, 6.07) is 0. The largest absolute Gasteiger partial charge is 0.330 e. The van der Waals surface area contributed by atoms with Gasteiger partial charge in [-0.2, -0.15) is 0 Å². The Hall–Kier alpha value is -0.0400. The molecule has 1 nitrogen and oxygen atoms in total. The molecular formula is C5H13N. The topological polar surface area (TPSA) is 26.0 Å². The lowest BCUT2D eigenvalue weighted by Gasteiger charge is -1.96. The number of rotatable bonds is 2. The van der Waals surface area contributed by atoms with E-state index >= 15 is 0 Å². The minimum absolute atomic E-state index is 0.212. The molecule has 0 heterocycles. The lowest BCUT2D eigenvalue weighted by molar-refractivity contribution is 0.596. The predicted octanol–water partition coefficient (Wildman–Crippen LogP) is 0.991. The van der Waals surface area contributed by atoms with Crippen molar-refractivity contribution in [2.75, 3.05) is 6.54 Å². The zero-order valence-electron chi connectivity index (χ0n) is 7.99. The van der Waals surface area contributed by atoms with Crippen molar-refractivity contribution in [1.29, 1.82) is 0 Å². The summed E-state index contributed by atoms with van der Waals surface area (Å²) in [4.78, 5) is 0. The Morgan fingerprint density at radius 3 is 3.00 bits per heavy atom. The van der Waals surface area contributed by atoms with Gasteiger partial charge >= 0.3 is 0 Å². The highest BCUT2D eigenvalue weighted by atomic mass is 14.5. The van der Waals surface area contributed by atoms with Gasteiger partial charge in [0.2, 0.25) is 0 Å². The van der Waals surface area contributed by atoms with Crippen LogP contribution < -0.4 is 5.73 Å². The third-order valence-electron chi connectivity index (χ3n) is 0.519. The maximum absolute atomic E-state index is 7.34. The van der Waals surface area contributed by atoms with E-state index < -0.39 is 12.7 Å². The Balaban J connectivity index is 4.10. The van der Waals surface area contributed by atoms with Gasteiger partial charge in [-0.25, -0.2) is 0 Å². The van der Waals surface area contributed by atoms with Crippen LogP contribution in [0.5, 0.6) is 0 Å². The zero-order valence-corrected chi connectivity index (χ0v) is 3.99. The maximum Gasteiger partial charge on any atom is 0.0297 e. The number of hydrogen-bond acceptors (Lipinski definition) is 1. The molecule has 0 aliphatic carbocycles. The summed E-state index contributed by atoms with van der Waals surface area (Å²) in [7, 11) is 0. The van der Waals surface area contributed by atoms with Crippen molar-refractivity contribution in [1.82, 2.24) is 0 Å². The first kappa shape index (κ1) is 1.83. The Bertz CT molecular complexity index is 107. The van der Waals surface area contributed by atoms with Crippen LogP contribution in [0.1, 0.15) is 25.7 Å². The highest BCUT2D eigenvalue weighted by Crippen LogP contribution is 1.93. The normalized spacial score (nSPS) is 31.7. The van der Waals surface area contributed by atoms with Gasteiger partial charge < -0.3 is 5.73 Å². The second kappa shape index (κ2) is 3.16. The lowest BCUT2D eigenvalue weighted by atomic mass is 10.1. The SMILES string of the molecule is [2H]C([2H])([2H])C([2H])(C)CCN.